The van der Waals surface area contributed by atoms with E-state index in [1.165, 1.54) is 0 Å². The number of hydrogen-bond donors (Lipinski definition) is 2. The fourth-order valence-electron chi connectivity index (χ4n) is 1.43. The molecular weight excluding hydrogens is 228 g/mol. The number of carbonyl (C=O) groups is 1. The maximum atomic E-state index is 11.9. The lowest BCUT2D eigenvalue weighted by molar-refractivity contribution is -0.126. The second kappa shape index (κ2) is 7.13. The van der Waals surface area contributed by atoms with Gasteiger partial charge in [0.05, 0.1) is 0 Å². The number of anilines is 1. The van der Waals surface area contributed by atoms with E-state index in [4.69, 9.17) is 10.5 Å². The third-order valence-corrected chi connectivity index (χ3v) is 2.48. The van der Waals surface area contributed by atoms with Crippen LogP contribution >= 0.6 is 0 Å². The van der Waals surface area contributed by atoms with E-state index in [1.807, 2.05) is 24.3 Å². The molecule has 1 aromatic carbocycles. The lowest BCUT2D eigenvalue weighted by atomic mass is 10.2. The average Bonchev–Trinajstić information content (AvgIpc) is 2.36. The van der Waals surface area contributed by atoms with E-state index in [-0.39, 0.29) is 5.91 Å². The molecule has 1 unspecified atom stereocenters. The van der Waals surface area contributed by atoms with Crippen LogP contribution in [0.5, 0.6) is 0 Å². The van der Waals surface area contributed by atoms with Gasteiger partial charge in [-0.1, -0.05) is 26.0 Å². The average molecular weight is 250 g/mol. The second-order valence-electron chi connectivity index (χ2n) is 4.76. The van der Waals surface area contributed by atoms with E-state index in [9.17, 15) is 4.79 Å². The largest absolute Gasteiger partial charge is 0.368 e. The lowest BCUT2D eigenvalue weighted by Gasteiger charge is -2.15. The Kier molecular flexibility index (Phi) is 5.82. The van der Waals surface area contributed by atoms with Gasteiger partial charge in [0.25, 0.3) is 5.91 Å². The Morgan fingerprint density at radius 3 is 2.72 bits per heavy atom. The Bertz CT molecular complexity index is 391. The molecule has 0 saturated carbocycles. The number of ether oxygens (including phenoxy) is 1. The number of carbonyl (C=O) groups excluding carboxylic acids is 1. The normalized spacial score (nSPS) is 12.5. The van der Waals surface area contributed by atoms with E-state index in [1.54, 1.807) is 6.92 Å². The Balaban J connectivity index is 2.52. The first-order valence-electron chi connectivity index (χ1n) is 6.24. The summed E-state index contributed by atoms with van der Waals surface area (Å²) in [5.41, 5.74) is 7.30. The highest BCUT2D eigenvalue weighted by Crippen LogP contribution is 2.11. The van der Waals surface area contributed by atoms with Crippen molar-refractivity contribution in [2.75, 3.05) is 11.9 Å². The Morgan fingerprint density at radius 1 is 1.39 bits per heavy atom. The zero-order chi connectivity index (χ0) is 13.5. The van der Waals surface area contributed by atoms with Crippen molar-refractivity contribution in [3.05, 3.63) is 29.8 Å². The van der Waals surface area contributed by atoms with Crippen molar-refractivity contribution in [1.82, 2.24) is 0 Å². The summed E-state index contributed by atoms with van der Waals surface area (Å²) in [4.78, 5) is 11.9. The van der Waals surface area contributed by atoms with Crippen molar-refractivity contribution in [2.24, 2.45) is 11.7 Å². The molecule has 0 aromatic heterocycles. The van der Waals surface area contributed by atoms with Crippen molar-refractivity contribution in [2.45, 2.75) is 33.4 Å². The van der Waals surface area contributed by atoms with E-state index < -0.39 is 6.10 Å². The lowest BCUT2D eigenvalue weighted by Crippen LogP contribution is -2.28. The molecule has 1 amide bonds. The molecule has 0 aliphatic rings. The van der Waals surface area contributed by atoms with Crippen LogP contribution in [0, 0.1) is 5.92 Å². The van der Waals surface area contributed by atoms with E-state index in [2.05, 4.69) is 19.2 Å². The molecule has 1 aromatic rings. The Hall–Kier alpha value is -1.39. The molecule has 3 N–H and O–H groups in total. The van der Waals surface area contributed by atoms with Crippen molar-refractivity contribution >= 4 is 11.6 Å². The molecule has 0 aliphatic carbocycles. The molecule has 0 aliphatic heterocycles. The first-order chi connectivity index (χ1) is 8.52. The summed E-state index contributed by atoms with van der Waals surface area (Å²) in [6, 6.07) is 7.51. The van der Waals surface area contributed by atoms with Crippen LogP contribution in [0.25, 0.3) is 0 Å². The number of rotatable bonds is 6. The maximum absolute atomic E-state index is 11.9. The third-order valence-electron chi connectivity index (χ3n) is 2.48. The van der Waals surface area contributed by atoms with Gasteiger partial charge in [0.2, 0.25) is 0 Å². The zero-order valence-electron chi connectivity index (χ0n) is 11.3. The standard InChI is InChI=1S/C14H22N2O2/c1-10(2)9-18-11(3)14(17)16-13-6-4-5-12(7-13)8-15/h4-7,10-11H,8-9,15H2,1-3H3,(H,16,17). The van der Waals surface area contributed by atoms with E-state index >= 15 is 0 Å². The van der Waals surface area contributed by atoms with E-state index in [0.717, 1.165) is 11.3 Å². The van der Waals surface area contributed by atoms with Crippen LogP contribution in [-0.2, 0) is 16.1 Å². The van der Waals surface area contributed by atoms with Crippen LogP contribution in [0.1, 0.15) is 26.3 Å². The molecule has 4 nitrogen and oxygen atoms in total. The topological polar surface area (TPSA) is 64.3 Å². The number of hydrogen-bond acceptors (Lipinski definition) is 3. The van der Waals surface area contributed by atoms with Crippen LogP contribution in [-0.4, -0.2) is 18.6 Å². The van der Waals surface area contributed by atoms with Crippen molar-refractivity contribution < 1.29 is 9.53 Å². The number of amides is 1. The summed E-state index contributed by atoms with van der Waals surface area (Å²) < 4.78 is 5.46. The van der Waals surface area contributed by atoms with Gasteiger partial charge in [-0.25, -0.2) is 0 Å². The first-order valence-corrected chi connectivity index (χ1v) is 6.24. The van der Waals surface area contributed by atoms with Crippen LogP contribution in [0.2, 0.25) is 0 Å². The van der Waals surface area contributed by atoms with Gasteiger partial charge in [0, 0.05) is 18.8 Å². The highest BCUT2D eigenvalue weighted by atomic mass is 16.5. The Morgan fingerprint density at radius 2 is 2.11 bits per heavy atom. The summed E-state index contributed by atoms with van der Waals surface area (Å²) in [5, 5.41) is 2.82. The molecule has 0 saturated heterocycles. The smallest absolute Gasteiger partial charge is 0.253 e. The molecule has 0 bridgehead atoms. The minimum Gasteiger partial charge on any atom is -0.368 e. The predicted octanol–water partition coefficient (Wildman–Crippen LogP) is 2.14. The molecular formula is C14H22N2O2. The summed E-state index contributed by atoms with van der Waals surface area (Å²) in [6.45, 7) is 6.90. The summed E-state index contributed by atoms with van der Waals surface area (Å²) in [7, 11) is 0. The van der Waals surface area contributed by atoms with Gasteiger partial charge in [-0.3, -0.25) is 4.79 Å². The Labute approximate surface area is 109 Å². The molecule has 18 heavy (non-hydrogen) atoms. The number of benzene rings is 1. The van der Waals surface area contributed by atoms with Crippen molar-refractivity contribution in [3.8, 4) is 0 Å². The monoisotopic (exact) mass is 250 g/mol. The van der Waals surface area contributed by atoms with Gasteiger partial charge in [-0.15, -0.1) is 0 Å². The van der Waals surface area contributed by atoms with Gasteiger partial charge in [-0.2, -0.15) is 0 Å². The minimum atomic E-state index is -0.450. The van der Waals surface area contributed by atoms with Gasteiger partial charge in [0.1, 0.15) is 6.10 Å². The fourth-order valence-corrected chi connectivity index (χ4v) is 1.43. The quantitative estimate of drug-likeness (QED) is 0.813. The van der Waals surface area contributed by atoms with E-state index in [0.29, 0.717) is 19.1 Å². The summed E-state index contributed by atoms with van der Waals surface area (Å²) >= 11 is 0. The maximum Gasteiger partial charge on any atom is 0.253 e. The fraction of sp³-hybridized carbons (Fsp3) is 0.500. The molecule has 4 heteroatoms. The SMILES string of the molecule is CC(C)COC(C)C(=O)Nc1cccc(CN)c1. The summed E-state index contributed by atoms with van der Waals surface area (Å²) in [6.07, 6.45) is -0.450. The summed E-state index contributed by atoms with van der Waals surface area (Å²) in [5.74, 6) is 0.283. The third kappa shape index (κ3) is 4.85. The minimum absolute atomic E-state index is 0.134. The second-order valence-corrected chi connectivity index (χ2v) is 4.76. The molecule has 0 spiro atoms. The molecule has 100 valence electrons. The van der Waals surface area contributed by atoms with Gasteiger partial charge < -0.3 is 15.8 Å². The van der Waals surface area contributed by atoms with Crippen LogP contribution < -0.4 is 11.1 Å². The predicted molar refractivity (Wildman–Crippen MR) is 73.2 cm³/mol. The molecule has 0 heterocycles. The van der Waals surface area contributed by atoms with Crippen molar-refractivity contribution in [1.29, 1.82) is 0 Å². The van der Waals surface area contributed by atoms with Crippen LogP contribution in [0.3, 0.4) is 0 Å². The van der Waals surface area contributed by atoms with Gasteiger partial charge in [0.15, 0.2) is 0 Å². The van der Waals surface area contributed by atoms with Crippen molar-refractivity contribution in [3.63, 3.8) is 0 Å². The van der Waals surface area contributed by atoms with Crippen LogP contribution in [0.15, 0.2) is 24.3 Å². The molecule has 1 atom stereocenters. The van der Waals surface area contributed by atoms with Gasteiger partial charge >= 0.3 is 0 Å². The number of nitrogens with one attached hydrogen (secondary N) is 1. The zero-order valence-corrected chi connectivity index (χ0v) is 11.3. The van der Waals surface area contributed by atoms with Crippen LogP contribution in [0.4, 0.5) is 5.69 Å². The molecule has 1 rings (SSSR count). The first kappa shape index (κ1) is 14.7. The highest BCUT2D eigenvalue weighted by Gasteiger charge is 2.13. The molecule has 0 fully saturated rings. The molecule has 0 radical (unpaired) electrons. The number of nitrogens with two attached hydrogens (primary N) is 1. The highest BCUT2D eigenvalue weighted by molar-refractivity contribution is 5.93. The van der Waals surface area contributed by atoms with Gasteiger partial charge in [-0.05, 0) is 30.5 Å².